The van der Waals surface area contributed by atoms with Gasteiger partial charge in [-0.3, -0.25) is 4.99 Å². The van der Waals surface area contributed by atoms with Crippen molar-refractivity contribution in [2.75, 3.05) is 7.05 Å². The third kappa shape index (κ3) is 6.50. The van der Waals surface area contributed by atoms with Crippen LogP contribution in [0.5, 0.6) is 0 Å². The molecule has 2 aromatic rings. The molecular weight excluding hydrogens is 457 g/mol. The molecule has 8 heteroatoms. The van der Waals surface area contributed by atoms with Crippen molar-refractivity contribution in [1.29, 1.82) is 0 Å². The molecule has 1 aromatic carbocycles. The number of rotatable bonds is 4. The molecule has 4 nitrogen and oxygen atoms in total. The molecule has 0 atom stereocenters. The predicted octanol–water partition coefficient (Wildman–Crippen LogP) is 4.20. The molecule has 0 amide bonds. The third-order valence-corrected chi connectivity index (χ3v) is 4.62. The Morgan fingerprint density at radius 3 is 2.48 bits per heavy atom. The van der Waals surface area contributed by atoms with Gasteiger partial charge in [-0.1, -0.05) is 20.8 Å². The van der Waals surface area contributed by atoms with E-state index in [9.17, 15) is 8.78 Å². The molecule has 2 N–H and O–H groups in total. The van der Waals surface area contributed by atoms with Gasteiger partial charge in [-0.2, -0.15) is 0 Å². The maximum Gasteiger partial charge on any atom is 0.191 e. The van der Waals surface area contributed by atoms with Gasteiger partial charge in [-0.05, 0) is 18.2 Å². The Morgan fingerprint density at radius 2 is 1.88 bits per heavy atom. The zero-order chi connectivity index (χ0) is 17.7. The molecule has 0 fully saturated rings. The van der Waals surface area contributed by atoms with Gasteiger partial charge in [0.15, 0.2) is 5.96 Å². The molecule has 2 rings (SSSR count). The van der Waals surface area contributed by atoms with Crippen LogP contribution in [0, 0.1) is 11.6 Å². The fourth-order valence-electron chi connectivity index (χ4n) is 1.99. The van der Waals surface area contributed by atoms with Crippen LogP contribution in [0.15, 0.2) is 28.6 Å². The molecule has 0 radical (unpaired) electrons. The fraction of sp³-hybridized carbons (Fsp3) is 0.412. The lowest BCUT2D eigenvalue weighted by molar-refractivity contribution is 0.580. The molecule has 0 saturated carbocycles. The van der Waals surface area contributed by atoms with E-state index in [1.165, 1.54) is 6.07 Å². The van der Waals surface area contributed by atoms with Crippen LogP contribution in [0.1, 0.15) is 37.0 Å². The lowest BCUT2D eigenvalue weighted by Gasteiger charge is -2.14. The van der Waals surface area contributed by atoms with Gasteiger partial charge in [0, 0.05) is 30.0 Å². The van der Waals surface area contributed by atoms with Crippen molar-refractivity contribution in [3.05, 3.63) is 51.5 Å². The van der Waals surface area contributed by atoms with Crippen molar-refractivity contribution in [2.24, 2.45) is 4.99 Å². The van der Waals surface area contributed by atoms with E-state index in [2.05, 4.69) is 41.4 Å². The molecule has 0 aliphatic rings. The second kappa shape index (κ2) is 9.42. The topological polar surface area (TPSA) is 49.3 Å². The van der Waals surface area contributed by atoms with Crippen molar-refractivity contribution >= 4 is 41.3 Å². The molecular formula is C17H23F2IN4S. The second-order valence-electron chi connectivity index (χ2n) is 6.41. The Balaban J connectivity index is 0.00000312. The molecule has 138 valence electrons. The Labute approximate surface area is 168 Å². The van der Waals surface area contributed by atoms with E-state index in [-0.39, 0.29) is 41.5 Å². The van der Waals surface area contributed by atoms with Crippen molar-refractivity contribution in [3.8, 4) is 0 Å². The first-order valence-electron chi connectivity index (χ1n) is 7.63. The van der Waals surface area contributed by atoms with Crippen molar-refractivity contribution in [2.45, 2.75) is 39.3 Å². The minimum absolute atomic E-state index is 0. The van der Waals surface area contributed by atoms with Crippen LogP contribution in [-0.4, -0.2) is 18.0 Å². The summed E-state index contributed by atoms with van der Waals surface area (Å²) in [4.78, 5) is 8.68. The SMILES string of the molecule is CN=C(NCc1csc(C(C)(C)C)n1)NCc1cc(F)ccc1F.I. The Kier molecular flexibility index (Phi) is 8.20. The summed E-state index contributed by atoms with van der Waals surface area (Å²) in [6, 6.07) is 3.39. The van der Waals surface area contributed by atoms with Gasteiger partial charge in [0.25, 0.3) is 0 Å². The predicted molar refractivity (Wildman–Crippen MR) is 110 cm³/mol. The van der Waals surface area contributed by atoms with Gasteiger partial charge in [0.05, 0.1) is 17.2 Å². The van der Waals surface area contributed by atoms with Crippen LogP contribution < -0.4 is 10.6 Å². The van der Waals surface area contributed by atoms with E-state index >= 15 is 0 Å². The second-order valence-corrected chi connectivity index (χ2v) is 7.27. The van der Waals surface area contributed by atoms with Crippen LogP contribution in [0.3, 0.4) is 0 Å². The number of nitrogens with one attached hydrogen (secondary N) is 2. The number of halogens is 3. The standard InChI is InChI=1S/C17H22F2N4S.HI/c1-17(2,3)15-23-13(10-24-15)9-22-16(20-4)21-8-11-7-12(18)5-6-14(11)19;/h5-7,10H,8-9H2,1-4H3,(H2,20,21,22);1H. The lowest BCUT2D eigenvalue weighted by Crippen LogP contribution is -2.36. The van der Waals surface area contributed by atoms with Gasteiger partial charge in [0.1, 0.15) is 11.6 Å². The van der Waals surface area contributed by atoms with E-state index in [4.69, 9.17) is 0 Å². The van der Waals surface area contributed by atoms with E-state index in [1.807, 2.05) is 5.38 Å². The van der Waals surface area contributed by atoms with Crippen LogP contribution >= 0.6 is 35.3 Å². The Hall–Kier alpha value is -1.29. The number of thiazole rings is 1. The first-order valence-corrected chi connectivity index (χ1v) is 8.51. The van der Waals surface area contributed by atoms with Gasteiger partial charge in [-0.15, -0.1) is 35.3 Å². The first-order chi connectivity index (χ1) is 11.3. The van der Waals surface area contributed by atoms with Crippen molar-refractivity contribution < 1.29 is 8.78 Å². The summed E-state index contributed by atoms with van der Waals surface area (Å²) < 4.78 is 26.8. The Morgan fingerprint density at radius 1 is 1.20 bits per heavy atom. The van der Waals surface area contributed by atoms with Crippen molar-refractivity contribution in [1.82, 2.24) is 15.6 Å². The molecule has 1 aromatic heterocycles. The maximum absolute atomic E-state index is 13.6. The minimum atomic E-state index is -0.465. The lowest BCUT2D eigenvalue weighted by atomic mass is 9.98. The Bertz CT molecular complexity index is 726. The fourth-order valence-corrected chi connectivity index (χ4v) is 2.89. The summed E-state index contributed by atoms with van der Waals surface area (Å²) >= 11 is 1.63. The highest BCUT2D eigenvalue weighted by molar-refractivity contribution is 14.0. The number of guanidine groups is 1. The van der Waals surface area contributed by atoms with E-state index in [0.29, 0.717) is 12.5 Å². The van der Waals surface area contributed by atoms with Crippen LogP contribution in [0.2, 0.25) is 0 Å². The molecule has 0 aliphatic carbocycles. The van der Waals surface area contributed by atoms with Gasteiger partial charge in [-0.25, -0.2) is 13.8 Å². The highest BCUT2D eigenvalue weighted by atomic mass is 127. The van der Waals surface area contributed by atoms with Crippen LogP contribution in [-0.2, 0) is 18.5 Å². The summed E-state index contributed by atoms with van der Waals surface area (Å²) in [6.45, 7) is 7.02. The zero-order valence-electron chi connectivity index (χ0n) is 14.7. The summed E-state index contributed by atoms with van der Waals surface area (Å²) in [5.41, 5.74) is 1.20. The number of benzene rings is 1. The molecule has 0 unspecified atom stereocenters. The maximum atomic E-state index is 13.6. The monoisotopic (exact) mass is 480 g/mol. The average Bonchev–Trinajstić information content (AvgIpc) is 3.00. The van der Waals surface area contributed by atoms with Crippen LogP contribution in [0.25, 0.3) is 0 Å². The highest BCUT2D eigenvalue weighted by Crippen LogP contribution is 2.25. The zero-order valence-corrected chi connectivity index (χ0v) is 17.8. The quantitative estimate of drug-likeness (QED) is 0.392. The smallest absolute Gasteiger partial charge is 0.191 e. The summed E-state index contributed by atoms with van der Waals surface area (Å²) in [5.74, 6) is -0.411. The number of hydrogen-bond acceptors (Lipinski definition) is 3. The van der Waals surface area contributed by atoms with Crippen LogP contribution in [0.4, 0.5) is 8.78 Å². The first kappa shape index (κ1) is 21.8. The summed E-state index contributed by atoms with van der Waals surface area (Å²) in [7, 11) is 1.62. The van der Waals surface area contributed by atoms with E-state index in [1.54, 1.807) is 18.4 Å². The number of aromatic nitrogens is 1. The van der Waals surface area contributed by atoms with Crippen molar-refractivity contribution in [3.63, 3.8) is 0 Å². The number of aliphatic imine (C=N–C) groups is 1. The number of nitrogens with zero attached hydrogens (tertiary/aromatic N) is 2. The highest BCUT2D eigenvalue weighted by Gasteiger charge is 2.17. The minimum Gasteiger partial charge on any atom is -0.352 e. The summed E-state index contributed by atoms with van der Waals surface area (Å²) in [6.07, 6.45) is 0. The van der Waals surface area contributed by atoms with Gasteiger partial charge >= 0.3 is 0 Å². The molecule has 1 heterocycles. The normalized spacial score (nSPS) is 11.8. The summed E-state index contributed by atoms with van der Waals surface area (Å²) in [5, 5.41) is 9.17. The van der Waals surface area contributed by atoms with E-state index in [0.717, 1.165) is 22.8 Å². The average molecular weight is 480 g/mol. The third-order valence-electron chi connectivity index (χ3n) is 3.31. The van der Waals surface area contributed by atoms with Gasteiger partial charge in [0.2, 0.25) is 0 Å². The largest absolute Gasteiger partial charge is 0.352 e. The number of hydrogen-bond donors (Lipinski definition) is 2. The molecule has 0 bridgehead atoms. The molecule has 0 spiro atoms. The molecule has 0 saturated heterocycles. The van der Waals surface area contributed by atoms with Gasteiger partial charge < -0.3 is 10.6 Å². The van der Waals surface area contributed by atoms with E-state index < -0.39 is 11.6 Å². The molecule has 25 heavy (non-hydrogen) atoms. The molecule has 0 aliphatic heterocycles.